The maximum Gasteiger partial charge on any atom is 0.167 e. The minimum atomic E-state index is -0.497. The summed E-state index contributed by atoms with van der Waals surface area (Å²) in [7, 11) is 0. The monoisotopic (exact) mass is 206 g/mol. The van der Waals surface area contributed by atoms with Gasteiger partial charge < -0.3 is 4.74 Å². The lowest BCUT2D eigenvalue weighted by molar-refractivity contribution is 0.442. The fourth-order valence-electron chi connectivity index (χ4n) is 1.10. The van der Waals surface area contributed by atoms with Crippen LogP contribution in [0.2, 0.25) is 0 Å². The highest BCUT2D eigenvalue weighted by molar-refractivity contribution is 5.37. The van der Waals surface area contributed by atoms with Gasteiger partial charge in [-0.25, -0.2) is 9.07 Å². The molecule has 0 aliphatic heterocycles. The van der Waals surface area contributed by atoms with Crippen LogP contribution in [-0.2, 0) is 0 Å². The van der Waals surface area contributed by atoms with Crippen LogP contribution in [0.15, 0.2) is 37.4 Å². The number of hydrogen-bond acceptors (Lipinski definition) is 4. The maximum atomic E-state index is 13.4. The number of benzene rings is 1. The quantitative estimate of drug-likeness (QED) is 0.711. The lowest BCUT2D eigenvalue weighted by Crippen LogP contribution is -1.96. The highest BCUT2D eigenvalue weighted by Crippen LogP contribution is 2.19. The number of ether oxygens (including phenoxy) is 1. The van der Waals surface area contributed by atoms with E-state index in [4.69, 9.17) is 4.74 Å². The minimum absolute atomic E-state index is 0.113. The van der Waals surface area contributed by atoms with E-state index in [-0.39, 0.29) is 5.75 Å². The Morgan fingerprint density at radius 1 is 1.47 bits per heavy atom. The zero-order valence-corrected chi connectivity index (χ0v) is 7.67. The SMILES string of the molecule is C=COc1ccc(-n2cnnn2)cc1F. The number of hydrogen-bond donors (Lipinski definition) is 0. The topological polar surface area (TPSA) is 52.8 Å². The van der Waals surface area contributed by atoms with Crippen molar-refractivity contribution in [3.63, 3.8) is 0 Å². The molecular formula is C9H7FN4O. The molecule has 1 heterocycles. The van der Waals surface area contributed by atoms with Crippen molar-refractivity contribution in [1.29, 1.82) is 0 Å². The summed E-state index contributed by atoms with van der Waals surface area (Å²) in [5, 5.41) is 10.5. The molecule has 6 heteroatoms. The van der Waals surface area contributed by atoms with E-state index in [1.54, 1.807) is 6.07 Å². The molecule has 0 spiro atoms. The Morgan fingerprint density at radius 2 is 2.33 bits per heavy atom. The van der Waals surface area contributed by atoms with Crippen LogP contribution in [0.5, 0.6) is 5.75 Å². The molecular weight excluding hydrogens is 199 g/mol. The van der Waals surface area contributed by atoms with Gasteiger partial charge >= 0.3 is 0 Å². The molecule has 0 saturated carbocycles. The molecule has 0 aliphatic carbocycles. The fraction of sp³-hybridized carbons (Fsp3) is 0. The van der Waals surface area contributed by atoms with Gasteiger partial charge in [-0.05, 0) is 22.6 Å². The molecule has 0 atom stereocenters. The summed E-state index contributed by atoms with van der Waals surface area (Å²) < 4.78 is 19.6. The first kappa shape index (κ1) is 9.32. The second-order valence-corrected chi connectivity index (χ2v) is 2.65. The van der Waals surface area contributed by atoms with Crippen molar-refractivity contribution in [1.82, 2.24) is 20.2 Å². The Morgan fingerprint density at radius 3 is 2.93 bits per heavy atom. The molecule has 0 unspecified atom stereocenters. The molecule has 1 aromatic carbocycles. The first-order chi connectivity index (χ1) is 7.31. The zero-order chi connectivity index (χ0) is 10.7. The van der Waals surface area contributed by atoms with E-state index in [0.717, 1.165) is 6.26 Å². The summed E-state index contributed by atoms with van der Waals surface area (Å²) in [5.74, 6) is -0.385. The Bertz CT molecular complexity index is 469. The molecule has 0 aliphatic rings. The van der Waals surface area contributed by atoms with Gasteiger partial charge in [-0.1, -0.05) is 6.58 Å². The molecule has 0 N–H and O–H groups in total. The zero-order valence-electron chi connectivity index (χ0n) is 7.67. The molecule has 0 fully saturated rings. The second-order valence-electron chi connectivity index (χ2n) is 2.65. The number of rotatable bonds is 3. The van der Waals surface area contributed by atoms with E-state index in [0.29, 0.717) is 5.69 Å². The Kier molecular flexibility index (Phi) is 2.40. The van der Waals surface area contributed by atoms with E-state index in [1.807, 2.05) is 0 Å². The van der Waals surface area contributed by atoms with Crippen LogP contribution < -0.4 is 4.74 Å². The predicted molar refractivity (Wildman–Crippen MR) is 49.9 cm³/mol. The second kappa shape index (κ2) is 3.87. The lowest BCUT2D eigenvalue weighted by atomic mass is 10.3. The van der Waals surface area contributed by atoms with Crippen LogP contribution in [0, 0.1) is 5.82 Å². The Hall–Kier alpha value is -2.24. The first-order valence-corrected chi connectivity index (χ1v) is 4.12. The van der Waals surface area contributed by atoms with Gasteiger partial charge in [0, 0.05) is 6.07 Å². The summed E-state index contributed by atoms with van der Waals surface area (Å²) in [6, 6.07) is 4.39. The van der Waals surface area contributed by atoms with Gasteiger partial charge in [0.15, 0.2) is 11.6 Å². The summed E-state index contributed by atoms with van der Waals surface area (Å²) in [6.45, 7) is 3.34. The maximum absolute atomic E-state index is 13.4. The Balaban J connectivity index is 2.37. The van der Waals surface area contributed by atoms with Crippen molar-refractivity contribution in [3.05, 3.63) is 43.2 Å². The van der Waals surface area contributed by atoms with Crippen LogP contribution in [0.25, 0.3) is 5.69 Å². The standard InChI is InChI=1S/C9H7FN4O/c1-2-15-9-4-3-7(5-8(9)10)14-6-11-12-13-14/h2-6H,1H2. The van der Waals surface area contributed by atoms with Crippen molar-refractivity contribution < 1.29 is 9.13 Å². The molecule has 15 heavy (non-hydrogen) atoms. The van der Waals surface area contributed by atoms with Crippen LogP contribution in [0.3, 0.4) is 0 Å². The predicted octanol–water partition coefficient (Wildman–Crippen LogP) is 1.32. The van der Waals surface area contributed by atoms with Crippen LogP contribution in [-0.4, -0.2) is 20.2 Å². The summed E-state index contributed by atoms with van der Waals surface area (Å²) in [6.07, 6.45) is 2.54. The summed E-state index contributed by atoms with van der Waals surface area (Å²) >= 11 is 0. The molecule has 0 saturated heterocycles. The fourth-order valence-corrected chi connectivity index (χ4v) is 1.10. The lowest BCUT2D eigenvalue weighted by Gasteiger charge is -2.03. The number of nitrogens with zero attached hydrogens (tertiary/aromatic N) is 4. The molecule has 5 nitrogen and oxygen atoms in total. The van der Waals surface area contributed by atoms with Gasteiger partial charge in [0.25, 0.3) is 0 Å². The molecule has 1 aromatic heterocycles. The minimum Gasteiger partial charge on any atom is -0.463 e. The third kappa shape index (κ3) is 1.83. The van der Waals surface area contributed by atoms with E-state index < -0.39 is 5.82 Å². The molecule has 0 bridgehead atoms. The van der Waals surface area contributed by atoms with Gasteiger partial charge in [0.05, 0.1) is 11.9 Å². The highest BCUT2D eigenvalue weighted by atomic mass is 19.1. The first-order valence-electron chi connectivity index (χ1n) is 4.12. The van der Waals surface area contributed by atoms with Crippen molar-refractivity contribution in [2.45, 2.75) is 0 Å². The molecule has 76 valence electrons. The molecule has 2 aromatic rings. The highest BCUT2D eigenvalue weighted by Gasteiger charge is 2.05. The van der Waals surface area contributed by atoms with Gasteiger partial charge in [-0.3, -0.25) is 0 Å². The van der Waals surface area contributed by atoms with Crippen LogP contribution in [0.4, 0.5) is 4.39 Å². The van der Waals surface area contributed by atoms with E-state index in [1.165, 1.54) is 23.1 Å². The van der Waals surface area contributed by atoms with E-state index >= 15 is 0 Å². The number of aromatic nitrogens is 4. The molecule has 2 rings (SSSR count). The summed E-state index contributed by atoms with van der Waals surface area (Å²) in [5.41, 5.74) is 0.522. The van der Waals surface area contributed by atoms with Crippen LogP contribution in [0.1, 0.15) is 0 Å². The van der Waals surface area contributed by atoms with Crippen molar-refractivity contribution in [3.8, 4) is 11.4 Å². The van der Waals surface area contributed by atoms with Crippen LogP contribution >= 0.6 is 0 Å². The van der Waals surface area contributed by atoms with Gasteiger partial charge in [0.1, 0.15) is 6.33 Å². The van der Waals surface area contributed by atoms with Crippen molar-refractivity contribution in [2.75, 3.05) is 0 Å². The number of tetrazole rings is 1. The van der Waals surface area contributed by atoms with Crippen molar-refractivity contribution >= 4 is 0 Å². The Labute approximate surface area is 84.8 Å². The van der Waals surface area contributed by atoms with Crippen molar-refractivity contribution in [2.24, 2.45) is 0 Å². The average molecular weight is 206 g/mol. The number of halogens is 1. The van der Waals surface area contributed by atoms with Gasteiger partial charge in [-0.2, -0.15) is 0 Å². The third-order valence-electron chi connectivity index (χ3n) is 1.74. The van der Waals surface area contributed by atoms with E-state index in [9.17, 15) is 4.39 Å². The van der Waals surface area contributed by atoms with Gasteiger partial charge in [-0.15, -0.1) is 5.10 Å². The molecule has 0 radical (unpaired) electrons. The molecule has 0 amide bonds. The smallest absolute Gasteiger partial charge is 0.167 e. The third-order valence-corrected chi connectivity index (χ3v) is 1.74. The van der Waals surface area contributed by atoms with E-state index in [2.05, 4.69) is 22.1 Å². The average Bonchev–Trinajstić information content (AvgIpc) is 2.74. The normalized spacial score (nSPS) is 9.93. The largest absolute Gasteiger partial charge is 0.463 e. The summed E-state index contributed by atoms with van der Waals surface area (Å²) in [4.78, 5) is 0. The van der Waals surface area contributed by atoms with Gasteiger partial charge in [0.2, 0.25) is 0 Å².